The van der Waals surface area contributed by atoms with Gasteiger partial charge in [0.15, 0.2) is 0 Å². The monoisotopic (exact) mass is 308 g/mol. The summed E-state index contributed by atoms with van der Waals surface area (Å²) in [7, 11) is 2.05. The summed E-state index contributed by atoms with van der Waals surface area (Å²) in [5.41, 5.74) is 0. The van der Waals surface area contributed by atoms with Crippen LogP contribution in [0.3, 0.4) is 0 Å². The average Bonchev–Trinajstić information content (AvgIpc) is 3.16. The van der Waals surface area contributed by atoms with Crippen molar-refractivity contribution < 1.29 is 4.79 Å². The zero-order chi connectivity index (χ0) is 14.7. The zero-order valence-electron chi connectivity index (χ0n) is 12.6. The molecule has 0 unspecified atom stereocenters. The number of hydrogen-bond acceptors (Lipinski definition) is 4. The number of thioether (sulfide) groups is 1. The summed E-state index contributed by atoms with van der Waals surface area (Å²) >= 11 is 1.86. The number of carbonyl (C=O) groups is 1. The second kappa shape index (κ2) is 6.83. The lowest BCUT2D eigenvalue weighted by Gasteiger charge is -2.34. The number of aromatic nitrogens is 2. The van der Waals surface area contributed by atoms with Crippen molar-refractivity contribution in [1.29, 1.82) is 0 Å². The van der Waals surface area contributed by atoms with Crippen LogP contribution >= 0.6 is 11.8 Å². The minimum atomic E-state index is 0.107. The van der Waals surface area contributed by atoms with Gasteiger partial charge in [-0.25, -0.2) is 0 Å². The number of likely N-dealkylation sites (N-methyl/N-ethyl adjacent to an activating group) is 1. The number of likely N-dealkylation sites (tertiary alicyclic amines) is 1. The van der Waals surface area contributed by atoms with E-state index in [0.29, 0.717) is 5.91 Å². The lowest BCUT2D eigenvalue weighted by atomic mass is 9.93. The van der Waals surface area contributed by atoms with Crippen LogP contribution in [0.15, 0.2) is 18.5 Å². The maximum Gasteiger partial charge on any atom is 0.240 e. The van der Waals surface area contributed by atoms with E-state index in [-0.39, 0.29) is 6.04 Å². The van der Waals surface area contributed by atoms with Gasteiger partial charge in [-0.1, -0.05) is 0 Å². The van der Waals surface area contributed by atoms with E-state index >= 15 is 0 Å². The molecule has 0 spiro atoms. The fraction of sp³-hybridized carbons (Fsp3) is 0.733. The van der Waals surface area contributed by atoms with Crippen LogP contribution in [0.25, 0.3) is 0 Å². The lowest BCUT2D eigenvalue weighted by Crippen LogP contribution is -2.48. The molecule has 1 aromatic heterocycles. The Morgan fingerprint density at radius 1 is 1.38 bits per heavy atom. The second-order valence-corrected chi connectivity index (χ2v) is 7.10. The highest BCUT2D eigenvalue weighted by molar-refractivity contribution is 7.99. The third-order valence-corrected chi connectivity index (χ3v) is 5.78. The molecule has 6 heteroatoms. The summed E-state index contributed by atoms with van der Waals surface area (Å²) in [4.78, 5) is 16.8. The molecule has 5 nitrogen and oxygen atoms in total. The van der Waals surface area contributed by atoms with E-state index in [2.05, 4.69) is 21.9 Å². The molecule has 0 radical (unpaired) electrons. The van der Waals surface area contributed by atoms with Gasteiger partial charge in [0.05, 0.1) is 6.04 Å². The van der Waals surface area contributed by atoms with Crippen LogP contribution in [0, 0.1) is 5.92 Å². The van der Waals surface area contributed by atoms with Gasteiger partial charge in [-0.2, -0.15) is 5.10 Å². The van der Waals surface area contributed by atoms with Crippen LogP contribution in [0.5, 0.6) is 0 Å². The van der Waals surface area contributed by atoms with Gasteiger partial charge in [0.2, 0.25) is 5.91 Å². The first-order valence-electron chi connectivity index (χ1n) is 7.78. The van der Waals surface area contributed by atoms with E-state index in [1.807, 2.05) is 34.9 Å². The second-order valence-electron chi connectivity index (χ2n) is 6.10. The van der Waals surface area contributed by atoms with Crippen LogP contribution in [-0.4, -0.2) is 63.3 Å². The molecule has 0 aliphatic carbocycles. The highest BCUT2D eigenvalue weighted by Crippen LogP contribution is 2.25. The lowest BCUT2D eigenvalue weighted by molar-refractivity contribution is -0.136. The molecule has 1 aromatic rings. The van der Waals surface area contributed by atoms with Crippen LogP contribution in [-0.2, 0) is 11.3 Å². The van der Waals surface area contributed by atoms with E-state index < -0.39 is 0 Å². The van der Waals surface area contributed by atoms with E-state index in [4.69, 9.17) is 0 Å². The van der Waals surface area contributed by atoms with Gasteiger partial charge in [-0.3, -0.25) is 14.4 Å². The maximum absolute atomic E-state index is 12.5. The van der Waals surface area contributed by atoms with E-state index in [9.17, 15) is 4.79 Å². The molecule has 1 amide bonds. The Hall–Kier alpha value is -1.01. The van der Waals surface area contributed by atoms with E-state index in [0.717, 1.165) is 50.0 Å². The van der Waals surface area contributed by atoms with Gasteiger partial charge in [0, 0.05) is 43.7 Å². The quantitative estimate of drug-likeness (QED) is 0.846. The molecule has 1 atom stereocenters. The number of amides is 1. The SMILES string of the molecule is CN1CSC[C@H]1C(=O)N1CCC(CCn2cccn2)CC1. The summed E-state index contributed by atoms with van der Waals surface area (Å²) in [5, 5.41) is 4.25. The van der Waals surface area contributed by atoms with Crippen molar-refractivity contribution in [3.8, 4) is 0 Å². The molecule has 0 N–H and O–H groups in total. The normalized spacial score (nSPS) is 24.6. The Labute approximate surface area is 130 Å². The number of nitrogens with zero attached hydrogens (tertiary/aromatic N) is 4. The topological polar surface area (TPSA) is 41.4 Å². The Kier molecular flexibility index (Phi) is 4.85. The minimum absolute atomic E-state index is 0.107. The number of piperidine rings is 1. The molecule has 2 saturated heterocycles. The first kappa shape index (κ1) is 14.9. The maximum atomic E-state index is 12.5. The van der Waals surface area contributed by atoms with Crippen molar-refractivity contribution in [3.05, 3.63) is 18.5 Å². The predicted octanol–water partition coefficient (Wildman–Crippen LogP) is 1.52. The summed E-state index contributed by atoms with van der Waals surface area (Å²) in [6.07, 6.45) is 7.29. The predicted molar refractivity (Wildman–Crippen MR) is 85.0 cm³/mol. The van der Waals surface area contributed by atoms with Crippen molar-refractivity contribution in [2.24, 2.45) is 5.92 Å². The van der Waals surface area contributed by atoms with Crippen LogP contribution in [0.1, 0.15) is 19.3 Å². The van der Waals surface area contributed by atoms with Gasteiger partial charge < -0.3 is 4.90 Å². The largest absolute Gasteiger partial charge is 0.341 e. The third-order valence-electron chi connectivity index (χ3n) is 4.64. The van der Waals surface area contributed by atoms with Crippen molar-refractivity contribution in [2.75, 3.05) is 31.8 Å². The smallest absolute Gasteiger partial charge is 0.240 e. The molecule has 2 aliphatic heterocycles. The fourth-order valence-electron chi connectivity index (χ4n) is 3.19. The third kappa shape index (κ3) is 3.61. The Bertz CT molecular complexity index is 456. The van der Waals surface area contributed by atoms with Gasteiger partial charge >= 0.3 is 0 Å². The van der Waals surface area contributed by atoms with Crippen LogP contribution in [0.4, 0.5) is 0 Å². The van der Waals surface area contributed by atoms with Crippen molar-refractivity contribution >= 4 is 17.7 Å². The first-order chi connectivity index (χ1) is 10.2. The average molecular weight is 308 g/mol. The fourth-order valence-corrected chi connectivity index (χ4v) is 4.38. The Morgan fingerprint density at radius 3 is 2.81 bits per heavy atom. The summed E-state index contributed by atoms with van der Waals surface area (Å²) < 4.78 is 2.00. The van der Waals surface area contributed by atoms with Crippen molar-refractivity contribution in [2.45, 2.75) is 31.8 Å². The molecule has 0 bridgehead atoms. The standard InChI is InChI=1S/C15H24N4OS/c1-17-12-21-11-14(17)15(20)18-8-3-13(4-9-18)5-10-19-7-2-6-16-19/h2,6-7,13-14H,3-5,8-12H2,1H3/t14-/m0/s1. The number of aryl methyl sites for hydroxylation is 1. The molecule has 116 valence electrons. The molecule has 0 saturated carbocycles. The Morgan fingerprint density at radius 2 is 2.19 bits per heavy atom. The summed E-state index contributed by atoms with van der Waals surface area (Å²) in [5.74, 6) is 3.01. The van der Waals surface area contributed by atoms with Gasteiger partial charge in [0.25, 0.3) is 0 Å². The van der Waals surface area contributed by atoms with Crippen LogP contribution in [0.2, 0.25) is 0 Å². The van der Waals surface area contributed by atoms with Crippen molar-refractivity contribution in [1.82, 2.24) is 19.6 Å². The number of rotatable bonds is 4. The van der Waals surface area contributed by atoms with E-state index in [1.165, 1.54) is 6.42 Å². The molecule has 21 heavy (non-hydrogen) atoms. The molecule has 2 aliphatic rings. The molecular weight excluding hydrogens is 284 g/mol. The summed E-state index contributed by atoms with van der Waals surface area (Å²) in [6.45, 7) is 2.85. The molecule has 2 fully saturated rings. The van der Waals surface area contributed by atoms with Gasteiger partial charge in [-0.15, -0.1) is 11.8 Å². The molecule has 3 rings (SSSR count). The minimum Gasteiger partial charge on any atom is -0.341 e. The first-order valence-corrected chi connectivity index (χ1v) is 8.93. The Balaban J connectivity index is 1.43. The van der Waals surface area contributed by atoms with E-state index in [1.54, 1.807) is 0 Å². The highest BCUT2D eigenvalue weighted by atomic mass is 32.2. The van der Waals surface area contributed by atoms with Gasteiger partial charge in [-0.05, 0) is 38.3 Å². The van der Waals surface area contributed by atoms with Gasteiger partial charge in [0.1, 0.15) is 0 Å². The molecular formula is C15H24N4OS. The summed E-state index contributed by atoms with van der Waals surface area (Å²) in [6, 6.07) is 2.08. The van der Waals surface area contributed by atoms with Crippen molar-refractivity contribution in [3.63, 3.8) is 0 Å². The number of hydrogen-bond donors (Lipinski definition) is 0. The number of carbonyl (C=O) groups excluding carboxylic acids is 1. The zero-order valence-corrected chi connectivity index (χ0v) is 13.5. The van der Waals surface area contributed by atoms with Crippen LogP contribution < -0.4 is 0 Å². The molecule has 3 heterocycles. The highest BCUT2D eigenvalue weighted by Gasteiger charge is 2.33. The molecule has 0 aromatic carbocycles.